The summed E-state index contributed by atoms with van der Waals surface area (Å²) in [4.78, 5) is 15.0. The topological polar surface area (TPSA) is 105 Å². The van der Waals surface area contributed by atoms with E-state index >= 15 is 0 Å². The molecule has 0 fully saturated rings. The Balaban J connectivity index is 1.52. The van der Waals surface area contributed by atoms with Crippen molar-refractivity contribution >= 4 is 28.1 Å². The van der Waals surface area contributed by atoms with Crippen LogP contribution in [-0.4, -0.2) is 36.2 Å². The maximum Gasteiger partial charge on any atom is 0.310 e. The minimum atomic E-state index is -1.09. The number of nitrogens with two attached hydrogens (primary N) is 2. The molecule has 0 aromatic heterocycles. The third-order valence-corrected chi connectivity index (χ3v) is 8.59. The Morgan fingerprint density at radius 2 is 1.78 bits per heavy atom. The molecule has 0 aliphatic carbocycles. The molecule has 4 aromatic rings. The van der Waals surface area contributed by atoms with Crippen LogP contribution in [0, 0.1) is 19.3 Å². The summed E-state index contributed by atoms with van der Waals surface area (Å²) in [5.41, 5.74) is 12.9. The van der Waals surface area contributed by atoms with Gasteiger partial charge in [-0.3, -0.25) is 9.69 Å². The number of ether oxygens (including phenoxy) is 1. The molecular formula is C34H40N4O3. The Labute approximate surface area is 242 Å². The minimum Gasteiger partial charge on any atom is -0.492 e. The van der Waals surface area contributed by atoms with Crippen molar-refractivity contribution in [2.45, 2.75) is 46.7 Å². The van der Waals surface area contributed by atoms with Crippen molar-refractivity contribution in [3.8, 4) is 5.75 Å². The summed E-state index contributed by atoms with van der Waals surface area (Å²) in [7, 11) is 1.74. The summed E-state index contributed by atoms with van der Waals surface area (Å²) in [5, 5.41) is 14.2. The summed E-state index contributed by atoms with van der Waals surface area (Å²) in [6, 6.07) is 22.9. The number of carboxylic acids is 1. The molecule has 41 heavy (non-hydrogen) atoms. The molecule has 0 bridgehead atoms. The molecule has 1 aliphatic heterocycles. The number of nitrogens with zero attached hydrogens (tertiary/aromatic N) is 2. The van der Waals surface area contributed by atoms with Gasteiger partial charge in [0.1, 0.15) is 12.4 Å². The molecule has 7 nitrogen and oxygen atoms in total. The molecule has 5 N–H and O–H groups in total. The second-order valence-corrected chi connectivity index (χ2v) is 11.8. The first-order chi connectivity index (χ1) is 19.5. The molecule has 214 valence electrons. The number of carboxylic acid groups (broad SMARTS) is 1. The number of fused-ring (bicyclic) bond motifs is 2. The average molecular weight is 553 g/mol. The van der Waals surface area contributed by atoms with Gasteiger partial charge in [0.05, 0.1) is 16.8 Å². The average Bonchev–Trinajstić information content (AvgIpc) is 3.12. The monoisotopic (exact) mass is 552 g/mol. The lowest BCUT2D eigenvalue weighted by Gasteiger charge is -2.34. The van der Waals surface area contributed by atoms with Crippen molar-refractivity contribution in [3.05, 3.63) is 100 Å². The summed E-state index contributed by atoms with van der Waals surface area (Å²) in [5.74, 6) is 5.66. The lowest BCUT2D eigenvalue weighted by atomic mass is 9.69. The fourth-order valence-corrected chi connectivity index (χ4v) is 6.01. The Morgan fingerprint density at radius 3 is 2.46 bits per heavy atom. The molecule has 1 heterocycles. The number of anilines is 2. The van der Waals surface area contributed by atoms with Crippen LogP contribution in [0.3, 0.4) is 0 Å². The number of aryl methyl sites for hydroxylation is 1. The number of nitrogen functional groups attached to an aromatic ring is 1. The molecule has 5 rings (SSSR count). The smallest absolute Gasteiger partial charge is 0.310 e. The third kappa shape index (κ3) is 5.47. The molecule has 0 amide bonds. The summed E-state index contributed by atoms with van der Waals surface area (Å²) >= 11 is 0. The normalized spacial score (nSPS) is 14.7. The SMILES string of the molecule is Cc1ccc(C(c2ccc(N(C)N)c(N)c2C)C(C)(C)C(=O)O)cc1CN1CCOc2cc3ccccc3cc2C1. The highest BCUT2D eigenvalue weighted by Gasteiger charge is 2.40. The molecule has 7 heteroatoms. The van der Waals surface area contributed by atoms with E-state index in [-0.39, 0.29) is 0 Å². The van der Waals surface area contributed by atoms with E-state index in [1.807, 2.05) is 25.1 Å². The molecule has 1 aliphatic rings. The van der Waals surface area contributed by atoms with Crippen LogP contribution in [0.25, 0.3) is 10.8 Å². The van der Waals surface area contributed by atoms with Gasteiger partial charge in [0.25, 0.3) is 0 Å². The van der Waals surface area contributed by atoms with Gasteiger partial charge in [-0.2, -0.15) is 0 Å². The van der Waals surface area contributed by atoms with Gasteiger partial charge in [0.15, 0.2) is 0 Å². The first-order valence-corrected chi connectivity index (χ1v) is 14.0. The molecular weight excluding hydrogens is 512 g/mol. The van der Waals surface area contributed by atoms with Crippen LogP contribution in [0.1, 0.15) is 53.1 Å². The molecule has 1 unspecified atom stereocenters. The summed E-state index contributed by atoms with van der Waals surface area (Å²) < 4.78 is 6.17. The molecule has 4 aromatic carbocycles. The zero-order chi connectivity index (χ0) is 29.5. The molecule has 0 saturated carbocycles. The second kappa shape index (κ2) is 11.1. The quantitative estimate of drug-likeness (QED) is 0.147. The molecule has 1 atom stereocenters. The van der Waals surface area contributed by atoms with Crippen LogP contribution in [0.5, 0.6) is 5.75 Å². The van der Waals surface area contributed by atoms with E-state index in [1.54, 1.807) is 20.9 Å². The Kier molecular flexibility index (Phi) is 7.68. The Bertz CT molecular complexity index is 1610. The molecule has 0 saturated heterocycles. The van der Waals surface area contributed by atoms with Crippen molar-refractivity contribution in [1.29, 1.82) is 0 Å². The molecule has 0 spiro atoms. The van der Waals surface area contributed by atoms with E-state index in [2.05, 4.69) is 60.4 Å². The number of rotatable bonds is 7. The highest BCUT2D eigenvalue weighted by atomic mass is 16.5. The van der Waals surface area contributed by atoms with Crippen molar-refractivity contribution in [2.24, 2.45) is 11.3 Å². The van der Waals surface area contributed by atoms with Gasteiger partial charge in [-0.05, 0) is 84.5 Å². The maximum atomic E-state index is 12.6. The highest BCUT2D eigenvalue weighted by Crippen LogP contribution is 2.45. The second-order valence-electron chi connectivity index (χ2n) is 11.8. The fraction of sp³-hybridized carbons (Fsp3) is 0.324. The number of hydrogen-bond acceptors (Lipinski definition) is 6. The van der Waals surface area contributed by atoms with Gasteiger partial charge in [-0.25, -0.2) is 5.84 Å². The first-order valence-electron chi connectivity index (χ1n) is 14.0. The summed E-state index contributed by atoms with van der Waals surface area (Å²) in [6.45, 7) is 10.5. The molecule has 0 radical (unpaired) electrons. The van der Waals surface area contributed by atoms with Crippen LogP contribution in [0.2, 0.25) is 0 Å². The number of hydrazine groups is 1. The van der Waals surface area contributed by atoms with Crippen LogP contribution in [0.4, 0.5) is 11.4 Å². The van der Waals surface area contributed by atoms with Crippen molar-refractivity contribution < 1.29 is 14.6 Å². The zero-order valence-corrected chi connectivity index (χ0v) is 24.6. The lowest BCUT2D eigenvalue weighted by Crippen LogP contribution is -2.33. The standard InChI is InChI=1S/C34H40N4O3/c1-21-10-11-25(31(34(3,4)33(39)40)28-12-13-29(37(5)36)32(35)22(28)2)17-26(21)19-38-14-15-41-30-18-24-9-7-6-8-23(24)16-27(30)20-38/h6-13,16-18,31H,14-15,19-20,35-36H2,1-5H3,(H,39,40). The van der Waals surface area contributed by atoms with E-state index < -0.39 is 17.3 Å². The van der Waals surface area contributed by atoms with Gasteiger partial charge in [-0.1, -0.05) is 48.5 Å². The van der Waals surface area contributed by atoms with Gasteiger partial charge in [0, 0.05) is 38.2 Å². The van der Waals surface area contributed by atoms with Crippen molar-refractivity contribution in [2.75, 3.05) is 30.9 Å². The third-order valence-electron chi connectivity index (χ3n) is 8.59. The number of benzene rings is 4. The lowest BCUT2D eigenvalue weighted by molar-refractivity contribution is -0.147. The first kappa shape index (κ1) is 28.5. The van der Waals surface area contributed by atoms with Crippen LogP contribution in [0.15, 0.2) is 66.7 Å². The van der Waals surface area contributed by atoms with E-state index in [0.717, 1.165) is 42.1 Å². The zero-order valence-electron chi connectivity index (χ0n) is 24.6. The summed E-state index contributed by atoms with van der Waals surface area (Å²) in [6.07, 6.45) is 0. The van der Waals surface area contributed by atoms with Crippen molar-refractivity contribution in [1.82, 2.24) is 4.90 Å². The van der Waals surface area contributed by atoms with E-state index in [9.17, 15) is 9.90 Å². The Hall–Kier alpha value is -4.07. The van der Waals surface area contributed by atoms with Gasteiger partial charge >= 0.3 is 5.97 Å². The van der Waals surface area contributed by atoms with Gasteiger partial charge < -0.3 is 20.6 Å². The van der Waals surface area contributed by atoms with Crippen molar-refractivity contribution in [3.63, 3.8) is 0 Å². The van der Waals surface area contributed by atoms with Gasteiger partial charge in [-0.15, -0.1) is 0 Å². The maximum absolute atomic E-state index is 12.6. The minimum absolute atomic E-state index is 0.418. The number of aliphatic carboxylic acids is 1. The largest absolute Gasteiger partial charge is 0.492 e. The predicted octanol–water partition coefficient (Wildman–Crippen LogP) is 5.99. The van der Waals surface area contributed by atoms with Crippen LogP contribution >= 0.6 is 0 Å². The fourth-order valence-electron chi connectivity index (χ4n) is 6.01. The van der Waals surface area contributed by atoms with E-state index in [4.69, 9.17) is 16.3 Å². The Morgan fingerprint density at radius 1 is 1.07 bits per heavy atom. The number of carbonyl (C=O) groups is 1. The highest BCUT2D eigenvalue weighted by molar-refractivity contribution is 5.85. The predicted molar refractivity (Wildman–Crippen MR) is 166 cm³/mol. The van der Waals surface area contributed by atoms with E-state index in [1.165, 1.54) is 32.5 Å². The van der Waals surface area contributed by atoms with Gasteiger partial charge in [0.2, 0.25) is 0 Å². The van der Waals surface area contributed by atoms with Crippen LogP contribution < -0.4 is 21.3 Å². The van der Waals surface area contributed by atoms with Crippen LogP contribution in [-0.2, 0) is 17.9 Å². The number of hydrogen-bond donors (Lipinski definition) is 3. The van der Waals surface area contributed by atoms with E-state index in [0.29, 0.717) is 18.0 Å².